The van der Waals surface area contributed by atoms with Gasteiger partial charge in [-0.15, -0.1) is 0 Å². The molecule has 5 nitrogen and oxygen atoms in total. The van der Waals surface area contributed by atoms with E-state index in [9.17, 15) is 9.18 Å². The average molecular weight is 332 g/mol. The molecule has 1 aliphatic carbocycles. The predicted octanol–water partition coefficient (Wildman–Crippen LogP) is 2.61. The van der Waals surface area contributed by atoms with E-state index in [2.05, 4.69) is 20.5 Å². The number of guanidine groups is 1. The number of carbonyl (C=O) groups is 1. The van der Waals surface area contributed by atoms with Gasteiger partial charge in [0.25, 0.3) is 0 Å². The third kappa shape index (κ3) is 3.86. The van der Waals surface area contributed by atoms with Crippen LogP contribution in [0.1, 0.15) is 32.1 Å². The number of benzene rings is 1. The van der Waals surface area contributed by atoms with Crippen molar-refractivity contribution in [3.05, 3.63) is 30.1 Å². The van der Waals surface area contributed by atoms with Crippen molar-refractivity contribution < 1.29 is 9.18 Å². The van der Waals surface area contributed by atoms with Gasteiger partial charge in [0.15, 0.2) is 5.96 Å². The molecule has 1 saturated heterocycles. The molecule has 1 spiro atoms. The van der Waals surface area contributed by atoms with Crippen LogP contribution in [-0.4, -0.2) is 43.4 Å². The smallest absolute Gasteiger partial charge is 0.243 e. The molecule has 1 heterocycles. The number of carbonyl (C=O) groups excluding carboxylic acids is 1. The number of halogens is 1. The summed E-state index contributed by atoms with van der Waals surface area (Å²) in [5, 5.41) is 5.81. The fraction of sp³-hybridized carbons (Fsp3) is 0.556. The molecular formula is C18H25FN4O. The summed E-state index contributed by atoms with van der Waals surface area (Å²) >= 11 is 0. The van der Waals surface area contributed by atoms with E-state index in [0.717, 1.165) is 19.0 Å². The Morgan fingerprint density at radius 1 is 1.33 bits per heavy atom. The minimum absolute atomic E-state index is 0.118. The first-order valence-corrected chi connectivity index (χ1v) is 8.61. The van der Waals surface area contributed by atoms with Crippen LogP contribution in [0.5, 0.6) is 0 Å². The van der Waals surface area contributed by atoms with E-state index in [-0.39, 0.29) is 18.3 Å². The van der Waals surface area contributed by atoms with Crippen molar-refractivity contribution in [1.82, 2.24) is 10.2 Å². The number of aliphatic imine (C=N–C) groups is 1. The van der Waals surface area contributed by atoms with Gasteiger partial charge < -0.3 is 15.5 Å². The third-order valence-electron chi connectivity index (χ3n) is 5.13. The molecule has 0 radical (unpaired) electrons. The van der Waals surface area contributed by atoms with E-state index in [1.54, 1.807) is 19.2 Å². The topological polar surface area (TPSA) is 56.7 Å². The van der Waals surface area contributed by atoms with Crippen LogP contribution < -0.4 is 10.6 Å². The second-order valence-electron chi connectivity index (χ2n) is 6.84. The van der Waals surface area contributed by atoms with E-state index in [1.807, 2.05) is 0 Å². The van der Waals surface area contributed by atoms with Crippen molar-refractivity contribution in [2.24, 2.45) is 10.4 Å². The number of hydrogen-bond donors (Lipinski definition) is 2. The molecule has 2 fully saturated rings. The van der Waals surface area contributed by atoms with E-state index >= 15 is 0 Å². The first-order valence-electron chi connectivity index (χ1n) is 8.61. The molecule has 1 amide bonds. The highest BCUT2D eigenvalue weighted by molar-refractivity contribution is 5.95. The van der Waals surface area contributed by atoms with Crippen LogP contribution in [0.4, 0.5) is 10.1 Å². The summed E-state index contributed by atoms with van der Waals surface area (Å²) in [6.45, 7) is 2.13. The van der Waals surface area contributed by atoms with Gasteiger partial charge in [-0.2, -0.15) is 0 Å². The van der Waals surface area contributed by atoms with Gasteiger partial charge in [-0.1, -0.05) is 18.9 Å². The van der Waals surface area contributed by atoms with Crippen molar-refractivity contribution in [3.8, 4) is 0 Å². The number of amides is 1. The Kier molecular flexibility index (Phi) is 5.02. The highest BCUT2D eigenvalue weighted by Gasteiger charge is 2.41. The van der Waals surface area contributed by atoms with E-state index in [4.69, 9.17) is 0 Å². The maximum atomic E-state index is 13.1. The van der Waals surface area contributed by atoms with E-state index in [0.29, 0.717) is 11.1 Å². The van der Waals surface area contributed by atoms with Gasteiger partial charge in [0.2, 0.25) is 5.91 Å². The summed E-state index contributed by atoms with van der Waals surface area (Å²) in [5.74, 6) is 0.195. The number of anilines is 1. The molecule has 2 aliphatic rings. The molecule has 0 aromatic heterocycles. The van der Waals surface area contributed by atoms with Crippen molar-refractivity contribution in [2.75, 3.05) is 32.0 Å². The molecule has 3 rings (SSSR count). The van der Waals surface area contributed by atoms with Crippen LogP contribution in [0.3, 0.4) is 0 Å². The van der Waals surface area contributed by atoms with E-state index < -0.39 is 0 Å². The summed E-state index contributed by atoms with van der Waals surface area (Å²) in [6, 6.07) is 5.89. The second-order valence-corrected chi connectivity index (χ2v) is 6.84. The number of nitrogens with one attached hydrogen (secondary N) is 2. The fourth-order valence-electron chi connectivity index (χ4n) is 3.91. The summed E-state index contributed by atoms with van der Waals surface area (Å²) in [5.41, 5.74) is 0.921. The van der Waals surface area contributed by atoms with Crippen LogP contribution in [0.15, 0.2) is 29.3 Å². The number of likely N-dealkylation sites (tertiary alicyclic amines) is 1. The molecule has 2 N–H and O–H groups in total. The molecule has 0 bridgehead atoms. The zero-order valence-corrected chi connectivity index (χ0v) is 14.1. The number of nitrogens with zero attached hydrogens (tertiary/aromatic N) is 2. The molecule has 1 aliphatic heterocycles. The second kappa shape index (κ2) is 7.20. The maximum absolute atomic E-state index is 13.1. The SMILES string of the molecule is CN=C(NCC(=O)Nc1cccc(F)c1)N1CCC2(CCCC2)C1. The highest BCUT2D eigenvalue weighted by atomic mass is 19.1. The summed E-state index contributed by atoms with van der Waals surface area (Å²) < 4.78 is 13.1. The third-order valence-corrected chi connectivity index (χ3v) is 5.13. The largest absolute Gasteiger partial charge is 0.347 e. The van der Waals surface area contributed by atoms with E-state index in [1.165, 1.54) is 44.2 Å². The Morgan fingerprint density at radius 3 is 2.83 bits per heavy atom. The number of hydrogen-bond acceptors (Lipinski definition) is 2. The molecular weight excluding hydrogens is 307 g/mol. The quantitative estimate of drug-likeness (QED) is 0.661. The lowest BCUT2D eigenvalue weighted by atomic mass is 9.86. The zero-order chi connectivity index (χ0) is 17.0. The van der Waals surface area contributed by atoms with Gasteiger partial charge in [-0.3, -0.25) is 9.79 Å². The lowest BCUT2D eigenvalue weighted by Crippen LogP contribution is -2.44. The molecule has 1 aromatic rings. The van der Waals surface area contributed by atoms with Crippen molar-refractivity contribution in [1.29, 1.82) is 0 Å². The summed E-state index contributed by atoms with van der Waals surface area (Å²) in [6.07, 6.45) is 6.48. The Balaban J connectivity index is 1.50. The standard InChI is InChI=1S/C18H25FN4O/c1-20-17(23-10-9-18(13-23)7-2-3-8-18)21-12-16(24)22-15-6-4-5-14(19)11-15/h4-6,11H,2-3,7-10,12-13H2,1H3,(H,20,21)(H,22,24). The van der Waals surface area contributed by atoms with Gasteiger partial charge in [-0.25, -0.2) is 4.39 Å². The van der Waals surface area contributed by atoms with Gasteiger partial charge >= 0.3 is 0 Å². The van der Waals surface area contributed by atoms with Gasteiger partial charge in [0, 0.05) is 25.8 Å². The maximum Gasteiger partial charge on any atom is 0.243 e. The Morgan fingerprint density at radius 2 is 2.12 bits per heavy atom. The minimum atomic E-state index is -0.365. The van der Waals surface area contributed by atoms with Crippen LogP contribution in [0.2, 0.25) is 0 Å². The lowest BCUT2D eigenvalue weighted by molar-refractivity contribution is -0.115. The Labute approximate surface area is 142 Å². The fourth-order valence-corrected chi connectivity index (χ4v) is 3.91. The first-order chi connectivity index (χ1) is 11.6. The normalized spacial score (nSPS) is 19.8. The monoisotopic (exact) mass is 332 g/mol. The summed E-state index contributed by atoms with van der Waals surface area (Å²) in [4.78, 5) is 18.6. The van der Waals surface area contributed by atoms with Crippen LogP contribution in [0, 0.1) is 11.2 Å². The predicted molar refractivity (Wildman–Crippen MR) is 93.5 cm³/mol. The molecule has 0 unspecified atom stereocenters. The number of rotatable bonds is 3. The van der Waals surface area contributed by atoms with Crippen molar-refractivity contribution in [3.63, 3.8) is 0 Å². The van der Waals surface area contributed by atoms with Gasteiger partial charge in [-0.05, 0) is 42.9 Å². The molecule has 130 valence electrons. The van der Waals surface area contributed by atoms with Crippen molar-refractivity contribution >= 4 is 17.6 Å². The molecule has 24 heavy (non-hydrogen) atoms. The Hall–Kier alpha value is -2.11. The average Bonchev–Trinajstić information content (AvgIpc) is 3.19. The zero-order valence-electron chi connectivity index (χ0n) is 14.1. The molecule has 1 saturated carbocycles. The van der Waals surface area contributed by atoms with Crippen LogP contribution in [-0.2, 0) is 4.79 Å². The lowest BCUT2D eigenvalue weighted by Gasteiger charge is -2.25. The van der Waals surface area contributed by atoms with Crippen molar-refractivity contribution in [2.45, 2.75) is 32.1 Å². The van der Waals surface area contributed by atoms with Gasteiger partial charge in [0.05, 0.1) is 6.54 Å². The van der Waals surface area contributed by atoms with Crippen LogP contribution >= 0.6 is 0 Å². The van der Waals surface area contributed by atoms with Gasteiger partial charge in [0.1, 0.15) is 5.82 Å². The minimum Gasteiger partial charge on any atom is -0.347 e. The van der Waals surface area contributed by atoms with Crippen LogP contribution in [0.25, 0.3) is 0 Å². The molecule has 0 atom stereocenters. The Bertz CT molecular complexity index is 625. The highest BCUT2D eigenvalue weighted by Crippen LogP contribution is 2.45. The molecule has 6 heteroatoms. The molecule has 1 aromatic carbocycles. The first kappa shape index (κ1) is 16.7. The summed E-state index contributed by atoms with van der Waals surface area (Å²) in [7, 11) is 1.74.